The van der Waals surface area contributed by atoms with E-state index in [0.29, 0.717) is 44.3 Å². The number of hydrogen-bond acceptors (Lipinski definition) is 8. The molecule has 1 amide bonds. The van der Waals surface area contributed by atoms with Crippen LogP contribution in [0.4, 0.5) is 11.4 Å². The van der Waals surface area contributed by atoms with Crippen LogP contribution in [0.2, 0.25) is 0 Å². The molecule has 3 aliphatic rings. The fraction of sp³-hybridized carbons (Fsp3) is 0.500. The summed E-state index contributed by atoms with van der Waals surface area (Å²) in [5, 5.41) is 9.50. The van der Waals surface area contributed by atoms with E-state index in [2.05, 4.69) is 16.0 Å². The zero-order valence-corrected chi connectivity index (χ0v) is 20.1. The molecule has 2 aromatic rings. The number of aromatic nitrogens is 1. The highest BCUT2D eigenvalue weighted by Gasteiger charge is 2.33. The third-order valence-corrected chi connectivity index (χ3v) is 6.78. The van der Waals surface area contributed by atoms with Crippen molar-refractivity contribution in [2.24, 2.45) is 5.92 Å². The fourth-order valence-corrected chi connectivity index (χ4v) is 4.99. The third-order valence-electron chi connectivity index (χ3n) is 6.78. The smallest absolute Gasteiger partial charge is 0.231 e. The van der Waals surface area contributed by atoms with Crippen LogP contribution in [-0.4, -0.2) is 68.0 Å². The van der Waals surface area contributed by atoms with Gasteiger partial charge in [-0.05, 0) is 38.0 Å². The van der Waals surface area contributed by atoms with Crippen molar-refractivity contribution in [3.63, 3.8) is 0 Å². The minimum atomic E-state index is -0.0541. The Bertz CT molecular complexity index is 1130. The summed E-state index contributed by atoms with van der Waals surface area (Å²) in [4.78, 5) is 21.2. The maximum Gasteiger partial charge on any atom is 0.231 e. The number of anilines is 2. The third kappa shape index (κ3) is 4.84. The number of amides is 1. The maximum absolute atomic E-state index is 12.9. The zero-order chi connectivity index (χ0) is 24.4. The van der Waals surface area contributed by atoms with Crippen molar-refractivity contribution in [1.82, 2.24) is 9.88 Å². The van der Waals surface area contributed by atoms with Crippen LogP contribution in [0.1, 0.15) is 31.7 Å². The van der Waals surface area contributed by atoms with E-state index in [1.165, 1.54) is 7.11 Å². The van der Waals surface area contributed by atoms with E-state index in [0.717, 1.165) is 42.1 Å². The lowest BCUT2D eigenvalue weighted by Gasteiger charge is -2.35. The number of fused-ring (bicyclic) bond motifs is 1. The maximum atomic E-state index is 12.9. The van der Waals surface area contributed by atoms with Gasteiger partial charge in [0.1, 0.15) is 35.3 Å². The van der Waals surface area contributed by atoms with Gasteiger partial charge in [0.15, 0.2) is 0 Å². The standard InChI is InChI=1S/C26H30N4O5/c1-17-15-30(20-11-19(13-27)25(32-2)28-14-20)23-12-21(3-4-24(23)34-17)35-22-5-8-29(16-22)26(31)18-6-9-33-10-7-18/h3-4,11-12,14,17-18,22H,5-10,15-16H2,1-2H3/t17-,22+/m1/s1. The molecule has 0 unspecified atom stereocenters. The number of benzene rings is 1. The Balaban J connectivity index is 1.32. The Morgan fingerprint density at radius 1 is 1.20 bits per heavy atom. The summed E-state index contributed by atoms with van der Waals surface area (Å²) in [6, 6.07) is 9.70. The van der Waals surface area contributed by atoms with E-state index < -0.39 is 0 Å². The van der Waals surface area contributed by atoms with Gasteiger partial charge in [-0.15, -0.1) is 0 Å². The van der Waals surface area contributed by atoms with Crippen molar-refractivity contribution in [2.75, 3.05) is 44.9 Å². The molecule has 1 aromatic heterocycles. The van der Waals surface area contributed by atoms with Crippen LogP contribution in [0.3, 0.4) is 0 Å². The molecular weight excluding hydrogens is 448 g/mol. The fourth-order valence-electron chi connectivity index (χ4n) is 4.99. The van der Waals surface area contributed by atoms with Gasteiger partial charge in [-0.3, -0.25) is 4.79 Å². The van der Waals surface area contributed by atoms with Gasteiger partial charge in [-0.2, -0.15) is 5.26 Å². The highest BCUT2D eigenvalue weighted by atomic mass is 16.5. The molecule has 35 heavy (non-hydrogen) atoms. The average Bonchev–Trinajstić information content (AvgIpc) is 3.36. The number of hydrogen-bond donors (Lipinski definition) is 0. The molecule has 2 atom stereocenters. The van der Waals surface area contributed by atoms with E-state index >= 15 is 0 Å². The molecule has 1 aromatic carbocycles. The Hall–Kier alpha value is -3.51. The summed E-state index contributed by atoms with van der Waals surface area (Å²) in [5.74, 6) is 2.05. The van der Waals surface area contributed by atoms with Gasteiger partial charge in [-0.25, -0.2) is 4.98 Å². The molecule has 4 heterocycles. The summed E-state index contributed by atoms with van der Waals surface area (Å²) in [7, 11) is 1.50. The van der Waals surface area contributed by atoms with Crippen LogP contribution < -0.4 is 19.1 Å². The Kier molecular flexibility index (Phi) is 6.64. The van der Waals surface area contributed by atoms with Crippen LogP contribution in [-0.2, 0) is 9.53 Å². The van der Waals surface area contributed by atoms with Gasteiger partial charge in [0.25, 0.3) is 0 Å². The lowest BCUT2D eigenvalue weighted by Crippen LogP contribution is -2.38. The highest BCUT2D eigenvalue weighted by Crippen LogP contribution is 2.41. The predicted octanol–water partition coefficient (Wildman–Crippen LogP) is 3.29. The Morgan fingerprint density at radius 3 is 2.80 bits per heavy atom. The van der Waals surface area contributed by atoms with Crippen LogP contribution in [0.15, 0.2) is 30.5 Å². The molecule has 0 spiro atoms. The first kappa shape index (κ1) is 23.2. The molecule has 2 saturated heterocycles. The van der Waals surface area contributed by atoms with Crippen molar-refractivity contribution >= 4 is 17.3 Å². The van der Waals surface area contributed by atoms with Crippen LogP contribution >= 0.6 is 0 Å². The molecule has 0 radical (unpaired) electrons. The number of rotatable bonds is 5. The molecule has 9 heteroatoms. The van der Waals surface area contributed by atoms with Crippen molar-refractivity contribution in [1.29, 1.82) is 5.26 Å². The zero-order valence-electron chi connectivity index (χ0n) is 20.1. The van der Waals surface area contributed by atoms with Crippen molar-refractivity contribution < 1.29 is 23.7 Å². The monoisotopic (exact) mass is 478 g/mol. The largest absolute Gasteiger partial charge is 0.488 e. The Labute approximate surface area is 205 Å². The predicted molar refractivity (Wildman–Crippen MR) is 128 cm³/mol. The van der Waals surface area contributed by atoms with Gasteiger partial charge >= 0.3 is 0 Å². The van der Waals surface area contributed by atoms with Crippen LogP contribution in [0.25, 0.3) is 0 Å². The number of carbonyl (C=O) groups excluding carboxylic acids is 1. The van der Waals surface area contributed by atoms with E-state index in [1.54, 1.807) is 12.3 Å². The van der Waals surface area contributed by atoms with Crippen molar-refractivity contribution in [3.05, 3.63) is 36.0 Å². The summed E-state index contributed by atoms with van der Waals surface area (Å²) in [5.41, 5.74) is 2.01. The molecule has 5 rings (SSSR count). The summed E-state index contributed by atoms with van der Waals surface area (Å²) < 4.78 is 23.0. The van der Waals surface area contributed by atoms with Crippen LogP contribution in [0.5, 0.6) is 17.4 Å². The second-order valence-corrected chi connectivity index (χ2v) is 9.23. The number of pyridine rings is 1. The van der Waals surface area contributed by atoms with Crippen LogP contribution in [0, 0.1) is 17.2 Å². The minimum Gasteiger partial charge on any atom is -0.488 e. The number of nitriles is 1. The first-order chi connectivity index (χ1) is 17.1. The molecule has 184 valence electrons. The van der Waals surface area contributed by atoms with Crippen molar-refractivity contribution in [2.45, 2.75) is 38.4 Å². The molecule has 0 aliphatic carbocycles. The average molecular weight is 479 g/mol. The normalized spacial score (nSPS) is 22.2. The number of methoxy groups -OCH3 is 1. The van der Waals surface area contributed by atoms with Crippen molar-refractivity contribution in [3.8, 4) is 23.4 Å². The van der Waals surface area contributed by atoms with E-state index in [-0.39, 0.29) is 24.0 Å². The van der Waals surface area contributed by atoms with Gasteiger partial charge in [0.05, 0.1) is 37.8 Å². The summed E-state index contributed by atoms with van der Waals surface area (Å²) in [6.07, 6.45) is 4.01. The van der Waals surface area contributed by atoms with Gasteiger partial charge in [0.2, 0.25) is 11.8 Å². The quantitative estimate of drug-likeness (QED) is 0.646. The number of ether oxygens (including phenoxy) is 4. The highest BCUT2D eigenvalue weighted by molar-refractivity contribution is 5.79. The molecular formula is C26H30N4O5. The number of carbonyl (C=O) groups is 1. The van der Waals surface area contributed by atoms with Gasteiger partial charge in [-0.1, -0.05) is 0 Å². The number of nitrogens with zero attached hydrogens (tertiary/aromatic N) is 4. The topological polar surface area (TPSA) is 97.2 Å². The number of likely N-dealkylation sites (tertiary alicyclic amines) is 1. The lowest BCUT2D eigenvalue weighted by atomic mass is 9.99. The molecule has 3 aliphatic heterocycles. The molecule has 0 N–H and O–H groups in total. The molecule has 9 nitrogen and oxygen atoms in total. The second kappa shape index (κ2) is 10.0. The molecule has 2 fully saturated rings. The SMILES string of the molecule is COc1ncc(N2C[C@@H](C)Oc3ccc(O[C@H]4CCN(C(=O)C5CCOCC5)C4)cc32)cc1C#N. The Morgan fingerprint density at radius 2 is 2.03 bits per heavy atom. The van der Waals surface area contributed by atoms with Gasteiger partial charge in [0, 0.05) is 38.2 Å². The summed E-state index contributed by atoms with van der Waals surface area (Å²) in [6.45, 7) is 5.24. The first-order valence-corrected chi connectivity index (χ1v) is 12.1. The minimum absolute atomic E-state index is 0.0403. The van der Waals surface area contributed by atoms with E-state index in [4.69, 9.17) is 18.9 Å². The summed E-state index contributed by atoms with van der Waals surface area (Å²) >= 11 is 0. The second-order valence-electron chi connectivity index (χ2n) is 9.23. The lowest BCUT2D eigenvalue weighted by molar-refractivity contribution is -0.137. The molecule has 0 saturated carbocycles. The molecule has 0 bridgehead atoms. The van der Waals surface area contributed by atoms with Gasteiger partial charge < -0.3 is 28.7 Å². The van der Waals surface area contributed by atoms with E-state index in [1.807, 2.05) is 30.0 Å². The van der Waals surface area contributed by atoms with E-state index in [9.17, 15) is 10.1 Å². The first-order valence-electron chi connectivity index (χ1n) is 12.1.